The monoisotopic (exact) mass is 352 g/mol. The van der Waals surface area contributed by atoms with Crippen LogP contribution in [0.3, 0.4) is 0 Å². The molecule has 138 valence electrons. The predicted molar refractivity (Wildman–Crippen MR) is 104 cm³/mol. The van der Waals surface area contributed by atoms with Gasteiger partial charge in [0.25, 0.3) is 5.91 Å². The van der Waals surface area contributed by atoms with E-state index in [1.165, 1.54) is 5.56 Å². The molecule has 3 rings (SSSR count). The van der Waals surface area contributed by atoms with Gasteiger partial charge in [-0.15, -0.1) is 0 Å². The van der Waals surface area contributed by atoms with Crippen molar-refractivity contribution in [2.45, 2.75) is 26.3 Å². The number of benzene rings is 2. The van der Waals surface area contributed by atoms with Crippen LogP contribution in [0.1, 0.15) is 24.0 Å². The van der Waals surface area contributed by atoms with Gasteiger partial charge in [0.05, 0.1) is 0 Å². The molecule has 1 aliphatic rings. The molecule has 0 aliphatic carbocycles. The third-order valence-corrected chi connectivity index (χ3v) is 4.90. The average molecular weight is 352 g/mol. The van der Waals surface area contributed by atoms with Crippen LogP contribution in [0.5, 0.6) is 5.75 Å². The van der Waals surface area contributed by atoms with E-state index >= 15 is 0 Å². The smallest absolute Gasteiger partial charge is 0.257 e. The lowest BCUT2D eigenvalue weighted by atomic mass is 9.96. The van der Waals surface area contributed by atoms with Crippen LogP contribution in [-0.2, 0) is 11.3 Å². The van der Waals surface area contributed by atoms with Crippen molar-refractivity contribution in [2.75, 3.05) is 26.2 Å². The van der Waals surface area contributed by atoms with Crippen LogP contribution in [0, 0.1) is 12.8 Å². The minimum absolute atomic E-state index is 0.0433. The Kier molecular flexibility index (Phi) is 6.67. The molecule has 1 N–H and O–H groups in total. The first kappa shape index (κ1) is 18.5. The summed E-state index contributed by atoms with van der Waals surface area (Å²) >= 11 is 0. The van der Waals surface area contributed by atoms with Crippen LogP contribution >= 0.6 is 0 Å². The highest BCUT2D eigenvalue weighted by Gasteiger charge is 2.19. The molecular formula is C22H28N2O2. The number of hydrogen-bond acceptors (Lipinski definition) is 3. The third-order valence-electron chi connectivity index (χ3n) is 4.90. The fraction of sp³-hybridized carbons (Fsp3) is 0.409. The van der Waals surface area contributed by atoms with Gasteiger partial charge in [-0.2, -0.15) is 0 Å². The number of nitrogens with zero attached hydrogens (tertiary/aromatic N) is 1. The first-order valence-corrected chi connectivity index (χ1v) is 9.41. The van der Waals surface area contributed by atoms with Gasteiger partial charge in [0, 0.05) is 13.1 Å². The van der Waals surface area contributed by atoms with Gasteiger partial charge in [0.1, 0.15) is 5.75 Å². The molecule has 26 heavy (non-hydrogen) atoms. The van der Waals surface area contributed by atoms with Gasteiger partial charge >= 0.3 is 0 Å². The number of amides is 1. The Bertz CT molecular complexity index is 694. The molecule has 0 bridgehead atoms. The largest absolute Gasteiger partial charge is 0.484 e. The number of piperidine rings is 1. The summed E-state index contributed by atoms with van der Waals surface area (Å²) < 4.78 is 5.55. The van der Waals surface area contributed by atoms with Crippen molar-refractivity contribution >= 4 is 5.91 Å². The van der Waals surface area contributed by atoms with Crippen molar-refractivity contribution in [3.63, 3.8) is 0 Å². The van der Waals surface area contributed by atoms with Crippen molar-refractivity contribution in [3.8, 4) is 5.75 Å². The maximum atomic E-state index is 12.0. The van der Waals surface area contributed by atoms with E-state index in [1.54, 1.807) is 0 Å². The highest BCUT2D eigenvalue weighted by molar-refractivity contribution is 5.77. The van der Waals surface area contributed by atoms with Gasteiger partial charge < -0.3 is 10.1 Å². The van der Waals surface area contributed by atoms with Crippen molar-refractivity contribution in [1.82, 2.24) is 10.2 Å². The maximum Gasteiger partial charge on any atom is 0.257 e. The average Bonchev–Trinajstić information content (AvgIpc) is 2.67. The molecule has 0 radical (unpaired) electrons. The summed E-state index contributed by atoms with van der Waals surface area (Å²) in [5.74, 6) is 1.26. The molecule has 0 saturated carbocycles. The summed E-state index contributed by atoms with van der Waals surface area (Å²) in [5.41, 5.74) is 2.50. The molecule has 2 aromatic rings. The Labute approximate surface area is 156 Å². The Morgan fingerprint density at radius 2 is 1.88 bits per heavy atom. The Morgan fingerprint density at radius 3 is 2.62 bits per heavy atom. The summed E-state index contributed by atoms with van der Waals surface area (Å²) in [6.45, 7) is 6.04. The zero-order chi connectivity index (χ0) is 18.2. The lowest BCUT2D eigenvalue weighted by molar-refractivity contribution is -0.123. The van der Waals surface area contributed by atoms with E-state index in [0.29, 0.717) is 5.92 Å². The van der Waals surface area contributed by atoms with Gasteiger partial charge in [-0.05, 0) is 62.0 Å². The van der Waals surface area contributed by atoms with E-state index in [1.807, 2.05) is 31.2 Å². The fourth-order valence-corrected chi connectivity index (χ4v) is 3.35. The second-order valence-corrected chi connectivity index (χ2v) is 7.11. The van der Waals surface area contributed by atoms with Crippen LogP contribution in [0.25, 0.3) is 0 Å². The highest BCUT2D eigenvalue weighted by Crippen LogP contribution is 2.18. The summed E-state index contributed by atoms with van der Waals surface area (Å²) in [7, 11) is 0. The quantitative estimate of drug-likeness (QED) is 0.830. The Hall–Kier alpha value is -2.33. The molecule has 2 aromatic carbocycles. The molecule has 1 aliphatic heterocycles. The summed E-state index contributed by atoms with van der Waals surface area (Å²) in [6.07, 6.45) is 2.26. The molecule has 4 nitrogen and oxygen atoms in total. The first-order chi connectivity index (χ1) is 12.7. The Morgan fingerprint density at radius 1 is 1.12 bits per heavy atom. The van der Waals surface area contributed by atoms with E-state index < -0.39 is 0 Å². The zero-order valence-corrected chi connectivity index (χ0v) is 15.5. The number of carbonyl (C=O) groups is 1. The topological polar surface area (TPSA) is 41.6 Å². The first-order valence-electron chi connectivity index (χ1n) is 9.41. The van der Waals surface area contributed by atoms with Crippen LogP contribution in [0.2, 0.25) is 0 Å². The summed E-state index contributed by atoms with van der Waals surface area (Å²) in [5, 5.41) is 3.02. The van der Waals surface area contributed by atoms with Gasteiger partial charge in [-0.1, -0.05) is 42.5 Å². The molecule has 1 saturated heterocycles. The molecule has 0 spiro atoms. The zero-order valence-electron chi connectivity index (χ0n) is 15.5. The van der Waals surface area contributed by atoms with Crippen LogP contribution < -0.4 is 10.1 Å². The van der Waals surface area contributed by atoms with Crippen LogP contribution in [-0.4, -0.2) is 37.0 Å². The minimum atomic E-state index is -0.0433. The van der Waals surface area contributed by atoms with E-state index in [4.69, 9.17) is 4.74 Å². The van der Waals surface area contributed by atoms with Crippen molar-refractivity contribution in [2.24, 2.45) is 5.92 Å². The fourth-order valence-electron chi connectivity index (χ4n) is 3.35. The third kappa shape index (κ3) is 5.88. The van der Waals surface area contributed by atoms with E-state index in [9.17, 15) is 4.79 Å². The van der Waals surface area contributed by atoms with Crippen LogP contribution in [0.15, 0.2) is 54.6 Å². The minimum Gasteiger partial charge on any atom is -0.484 e. The van der Waals surface area contributed by atoms with E-state index in [-0.39, 0.29) is 12.5 Å². The van der Waals surface area contributed by atoms with Crippen molar-refractivity contribution < 1.29 is 9.53 Å². The maximum absolute atomic E-state index is 12.0. The number of nitrogens with one attached hydrogen (secondary N) is 1. The SMILES string of the molecule is Cc1cccc(OCC(=O)NCC2CCN(Cc3ccccc3)CC2)c1. The van der Waals surface area contributed by atoms with Gasteiger partial charge in [-0.25, -0.2) is 0 Å². The van der Waals surface area contributed by atoms with Gasteiger partial charge in [-0.3, -0.25) is 9.69 Å². The standard InChI is InChI=1S/C22H28N2O2/c1-18-6-5-9-21(14-18)26-17-22(25)23-15-19-10-12-24(13-11-19)16-20-7-3-2-4-8-20/h2-9,14,19H,10-13,15-17H2,1H3,(H,23,25). The van der Waals surface area contributed by atoms with E-state index in [0.717, 1.165) is 50.3 Å². The molecule has 4 heteroatoms. The summed E-state index contributed by atoms with van der Waals surface area (Å²) in [6, 6.07) is 18.4. The Balaban J connectivity index is 1.32. The normalized spacial score (nSPS) is 15.6. The van der Waals surface area contributed by atoms with E-state index in [2.05, 4.69) is 40.5 Å². The molecule has 1 fully saturated rings. The number of ether oxygens (including phenoxy) is 1. The second-order valence-electron chi connectivity index (χ2n) is 7.11. The molecule has 1 amide bonds. The number of carbonyl (C=O) groups excluding carboxylic acids is 1. The molecule has 0 atom stereocenters. The van der Waals surface area contributed by atoms with Gasteiger partial charge in [0.2, 0.25) is 0 Å². The molecule has 0 aromatic heterocycles. The number of likely N-dealkylation sites (tertiary alicyclic amines) is 1. The lowest BCUT2D eigenvalue weighted by Gasteiger charge is -2.32. The molecule has 1 heterocycles. The highest BCUT2D eigenvalue weighted by atomic mass is 16.5. The number of hydrogen-bond donors (Lipinski definition) is 1. The molecular weight excluding hydrogens is 324 g/mol. The van der Waals surface area contributed by atoms with Gasteiger partial charge in [0.15, 0.2) is 6.61 Å². The van der Waals surface area contributed by atoms with Crippen molar-refractivity contribution in [3.05, 3.63) is 65.7 Å². The predicted octanol–water partition coefficient (Wildman–Crippen LogP) is 3.40. The number of aryl methyl sites for hydroxylation is 1. The summed E-state index contributed by atoms with van der Waals surface area (Å²) in [4.78, 5) is 14.5. The second kappa shape index (κ2) is 9.39. The lowest BCUT2D eigenvalue weighted by Crippen LogP contribution is -2.39. The number of rotatable bonds is 7. The molecule has 0 unspecified atom stereocenters. The van der Waals surface area contributed by atoms with Crippen molar-refractivity contribution in [1.29, 1.82) is 0 Å². The van der Waals surface area contributed by atoms with Crippen LogP contribution in [0.4, 0.5) is 0 Å².